The van der Waals surface area contributed by atoms with Crippen LogP contribution < -0.4 is 0 Å². The third-order valence-electron chi connectivity index (χ3n) is 2.26. The van der Waals surface area contributed by atoms with Crippen molar-refractivity contribution in [2.24, 2.45) is 5.41 Å². The lowest BCUT2D eigenvalue weighted by molar-refractivity contribution is 0.114. The number of hydrogen-bond acceptors (Lipinski definition) is 3. The van der Waals surface area contributed by atoms with Gasteiger partial charge in [-0.25, -0.2) is 14.5 Å². The predicted octanol–water partition coefficient (Wildman–Crippen LogP) is 1.44. The van der Waals surface area contributed by atoms with Crippen LogP contribution in [0.5, 0.6) is 0 Å². The van der Waals surface area contributed by atoms with Crippen LogP contribution in [-0.4, -0.2) is 45.6 Å². The number of carboxylic acid groups (broad SMARTS) is 2. The molecular formula is C9H17NO5. The number of nitrogens with zero attached hydrogens (tertiary/aromatic N) is 1. The summed E-state index contributed by atoms with van der Waals surface area (Å²) in [7, 11) is 0. The molecule has 0 atom stereocenters. The molecule has 0 radical (unpaired) electrons. The van der Waals surface area contributed by atoms with Crippen LogP contribution in [0, 0.1) is 5.41 Å². The zero-order valence-electron chi connectivity index (χ0n) is 8.93. The van der Waals surface area contributed by atoms with Crippen LogP contribution in [0.25, 0.3) is 0 Å². The maximum absolute atomic E-state index is 10.5. The van der Waals surface area contributed by atoms with Crippen molar-refractivity contribution in [2.45, 2.75) is 26.7 Å². The number of rotatable bonds is 5. The lowest BCUT2D eigenvalue weighted by Crippen LogP contribution is -2.37. The average Bonchev–Trinajstić information content (AvgIpc) is 2.01. The Morgan fingerprint density at radius 1 is 1.13 bits per heavy atom. The van der Waals surface area contributed by atoms with Crippen molar-refractivity contribution in [3.05, 3.63) is 0 Å². The van der Waals surface area contributed by atoms with Crippen molar-refractivity contribution in [2.75, 3.05) is 13.2 Å². The Balaban J connectivity index is 4.22. The molecule has 2 amide bonds. The first-order chi connectivity index (χ1) is 6.80. The minimum absolute atomic E-state index is 0.00709. The van der Waals surface area contributed by atoms with Gasteiger partial charge in [0.25, 0.3) is 0 Å². The number of amides is 2. The fourth-order valence-corrected chi connectivity index (χ4v) is 1.12. The highest BCUT2D eigenvalue weighted by atomic mass is 16.4. The van der Waals surface area contributed by atoms with Gasteiger partial charge >= 0.3 is 12.2 Å². The maximum atomic E-state index is 10.5. The second-order valence-corrected chi connectivity index (χ2v) is 4.10. The van der Waals surface area contributed by atoms with E-state index in [4.69, 9.17) is 15.3 Å². The van der Waals surface area contributed by atoms with Crippen LogP contribution in [0.3, 0.4) is 0 Å². The molecule has 0 rings (SSSR count). The minimum atomic E-state index is -1.47. The number of aliphatic hydroxyl groups is 1. The monoisotopic (exact) mass is 219 g/mol. The van der Waals surface area contributed by atoms with E-state index in [1.165, 1.54) is 0 Å². The molecule has 6 nitrogen and oxygen atoms in total. The molecule has 3 N–H and O–H groups in total. The first kappa shape index (κ1) is 13.7. The summed E-state index contributed by atoms with van der Waals surface area (Å²) in [6.07, 6.45) is -2.03. The van der Waals surface area contributed by atoms with Gasteiger partial charge in [0.2, 0.25) is 0 Å². The summed E-state index contributed by atoms with van der Waals surface area (Å²) in [5, 5.41) is 25.9. The standard InChI is InChI=1S/C9H17NO5/c1-9(2,4-6-11)3-5-10(7(12)13)8(14)15/h11H,3-6H2,1-2H3,(H,12,13)(H,14,15). The summed E-state index contributed by atoms with van der Waals surface area (Å²) in [5.41, 5.74) is -0.266. The van der Waals surface area contributed by atoms with E-state index in [2.05, 4.69) is 0 Å². The molecule has 0 fully saturated rings. The number of hydrogen-bond donors (Lipinski definition) is 3. The van der Waals surface area contributed by atoms with Gasteiger partial charge in [0.15, 0.2) is 0 Å². The molecule has 6 heteroatoms. The van der Waals surface area contributed by atoms with Gasteiger partial charge in [-0.1, -0.05) is 13.8 Å². The Hall–Kier alpha value is -1.30. The number of aliphatic hydroxyl groups excluding tert-OH is 1. The molecule has 0 unspecified atom stereocenters. The van der Waals surface area contributed by atoms with Gasteiger partial charge in [-0.2, -0.15) is 0 Å². The lowest BCUT2D eigenvalue weighted by atomic mass is 9.86. The minimum Gasteiger partial charge on any atom is -0.465 e. The Kier molecular flexibility index (Phi) is 5.07. The Labute approximate surface area is 88.1 Å². The predicted molar refractivity (Wildman–Crippen MR) is 52.9 cm³/mol. The van der Waals surface area contributed by atoms with Gasteiger partial charge in [0, 0.05) is 13.2 Å². The Morgan fingerprint density at radius 2 is 1.60 bits per heavy atom. The third kappa shape index (κ3) is 5.21. The van der Waals surface area contributed by atoms with Gasteiger partial charge in [0.05, 0.1) is 0 Å². The highest BCUT2D eigenvalue weighted by molar-refractivity contribution is 5.85. The quantitative estimate of drug-likeness (QED) is 0.650. The molecule has 15 heavy (non-hydrogen) atoms. The van der Waals surface area contributed by atoms with E-state index in [-0.39, 0.29) is 18.6 Å². The molecule has 0 spiro atoms. The Bertz CT molecular complexity index is 225. The van der Waals surface area contributed by atoms with Crippen LogP contribution in [0.15, 0.2) is 0 Å². The molecule has 88 valence electrons. The SMILES string of the molecule is CC(C)(CCO)CCN(C(=O)O)C(=O)O. The smallest absolute Gasteiger partial charge is 0.416 e. The van der Waals surface area contributed by atoms with Crippen LogP contribution in [0.1, 0.15) is 26.7 Å². The summed E-state index contributed by atoms with van der Waals surface area (Å²) in [6, 6.07) is 0. The van der Waals surface area contributed by atoms with E-state index in [1.807, 2.05) is 13.8 Å². The van der Waals surface area contributed by atoms with Gasteiger partial charge in [-0.05, 0) is 18.3 Å². The average molecular weight is 219 g/mol. The zero-order valence-corrected chi connectivity index (χ0v) is 8.93. The fraction of sp³-hybridized carbons (Fsp3) is 0.778. The molecule has 0 aliphatic rings. The van der Waals surface area contributed by atoms with Crippen LogP contribution in [0.4, 0.5) is 9.59 Å². The van der Waals surface area contributed by atoms with Crippen molar-refractivity contribution < 1.29 is 24.9 Å². The molecule has 0 aliphatic heterocycles. The number of imide groups is 1. The van der Waals surface area contributed by atoms with E-state index in [9.17, 15) is 9.59 Å². The van der Waals surface area contributed by atoms with Crippen molar-refractivity contribution >= 4 is 12.2 Å². The largest absolute Gasteiger partial charge is 0.465 e. The van der Waals surface area contributed by atoms with E-state index < -0.39 is 12.2 Å². The highest BCUT2D eigenvalue weighted by Crippen LogP contribution is 2.24. The molecule has 0 saturated heterocycles. The van der Waals surface area contributed by atoms with Crippen molar-refractivity contribution in [1.82, 2.24) is 4.90 Å². The first-order valence-electron chi connectivity index (χ1n) is 4.64. The van der Waals surface area contributed by atoms with E-state index in [0.29, 0.717) is 17.7 Å². The van der Waals surface area contributed by atoms with E-state index in [1.54, 1.807) is 0 Å². The van der Waals surface area contributed by atoms with Crippen molar-refractivity contribution in [3.8, 4) is 0 Å². The summed E-state index contributed by atoms with van der Waals surface area (Å²) in [5.74, 6) is 0. The van der Waals surface area contributed by atoms with Gasteiger partial charge in [-0.15, -0.1) is 0 Å². The normalized spacial score (nSPS) is 11.1. The first-order valence-corrected chi connectivity index (χ1v) is 4.64. The maximum Gasteiger partial charge on any atom is 0.416 e. The molecule has 0 aromatic rings. The van der Waals surface area contributed by atoms with E-state index in [0.717, 1.165) is 0 Å². The molecular weight excluding hydrogens is 202 g/mol. The molecule has 0 aliphatic carbocycles. The summed E-state index contributed by atoms with van der Waals surface area (Å²) in [6.45, 7) is 3.64. The highest BCUT2D eigenvalue weighted by Gasteiger charge is 2.24. The van der Waals surface area contributed by atoms with Crippen molar-refractivity contribution in [1.29, 1.82) is 0 Å². The second-order valence-electron chi connectivity index (χ2n) is 4.10. The summed E-state index contributed by atoms with van der Waals surface area (Å²) >= 11 is 0. The van der Waals surface area contributed by atoms with Crippen LogP contribution in [-0.2, 0) is 0 Å². The summed E-state index contributed by atoms with van der Waals surface area (Å²) < 4.78 is 0. The zero-order chi connectivity index (χ0) is 12.1. The van der Waals surface area contributed by atoms with Gasteiger partial charge in [0.1, 0.15) is 0 Å². The lowest BCUT2D eigenvalue weighted by Gasteiger charge is -2.25. The van der Waals surface area contributed by atoms with Crippen LogP contribution >= 0.6 is 0 Å². The Morgan fingerprint density at radius 3 is 1.93 bits per heavy atom. The molecule has 0 bridgehead atoms. The third-order valence-corrected chi connectivity index (χ3v) is 2.26. The van der Waals surface area contributed by atoms with Gasteiger partial charge < -0.3 is 15.3 Å². The summed E-state index contributed by atoms with van der Waals surface area (Å²) in [4.78, 5) is 21.4. The molecule has 0 heterocycles. The fourth-order valence-electron chi connectivity index (χ4n) is 1.12. The van der Waals surface area contributed by atoms with Gasteiger partial charge in [-0.3, -0.25) is 0 Å². The molecule has 0 saturated carbocycles. The van der Waals surface area contributed by atoms with E-state index >= 15 is 0 Å². The molecule has 0 aromatic heterocycles. The topological polar surface area (TPSA) is 98.1 Å². The number of carbonyl (C=O) groups is 2. The molecule has 0 aromatic carbocycles. The van der Waals surface area contributed by atoms with Crippen LogP contribution in [0.2, 0.25) is 0 Å². The second kappa shape index (κ2) is 5.55. The van der Waals surface area contributed by atoms with Crippen molar-refractivity contribution in [3.63, 3.8) is 0 Å².